The maximum atomic E-state index is 12.5. The Balaban J connectivity index is 1.41. The summed E-state index contributed by atoms with van der Waals surface area (Å²) in [5, 5.41) is 10.2. The van der Waals surface area contributed by atoms with E-state index in [9.17, 15) is 4.79 Å². The molecule has 0 aliphatic carbocycles. The van der Waals surface area contributed by atoms with Gasteiger partial charge in [-0.1, -0.05) is 41.7 Å². The third-order valence-electron chi connectivity index (χ3n) is 4.71. The first-order chi connectivity index (χ1) is 15.2. The molecule has 0 aliphatic heterocycles. The molecule has 1 amide bonds. The van der Waals surface area contributed by atoms with Crippen molar-refractivity contribution in [3.63, 3.8) is 0 Å². The second-order valence-corrected chi connectivity index (χ2v) is 8.98. The Hall–Kier alpha value is -3.55. The lowest BCUT2D eigenvalue weighted by Gasteiger charge is -1.99. The van der Waals surface area contributed by atoms with Crippen molar-refractivity contribution in [1.29, 1.82) is 0 Å². The van der Waals surface area contributed by atoms with E-state index in [1.165, 1.54) is 23.0 Å². The van der Waals surface area contributed by atoms with E-state index in [0.717, 1.165) is 32.0 Å². The quantitative estimate of drug-likeness (QED) is 0.331. The van der Waals surface area contributed by atoms with Gasteiger partial charge in [0.1, 0.15) is 5.69 Å². The van der Waals surface area contributed by atoms with Crippen LogP contribution in [0.15, 0.2) is 78.3 Å². The predicted octanol–water partition coefficient (Wildman–Crippen LogP) is 6.17. The Bertz CT molecular complexity index is 1380. The average molecular weight is 443 g/mol. The SMILES string of the molecule is Cc1ccc2nc(NC(=O)C=Cc3cn(-c4ccccc4)nc3-c3cccs3)sc2c1. The van der Waals surface area contributed by atoms with E-state index in [-0.39, 0.29) is 5.91 Å². The zero-order valence-electron chi connectivity index (χ0n) is 16.6. The minimum Gasteiger partial charge on any atom is -0.298 e. The number of benzene rings is 2. The number of nitrogens with one attached hydrogen (secondary N) is 1. The molecule has 3 heterocycles. The molecule has 31 heavy (non-hydrogen) atoms. The lowest BCUT2D eigenvalue weighted by Crippen LogP contribution is -2.07. The summed E-state index contributed by atoms with van der Waals surface area (Å²) in [7, 11) is 0. The monoisotopic (exact) mass is 442 g/mol. The molecule has 5 nitrogen and oxygen atoms in total. The summed E-state index contributed by atoms with van der Waals surface area (Å²) in [5.74, 6) is -0.222. The maximum Gasteiger partial charge on any atom is 0.250 e. The van der Waals surface area contributed by atoms with Gasteiger partial charge in [-0.15, -0.1) is 11.3 Å². The van der Waals surface area contributed by atoms with E-state index in [4.69, 9.17) is 5.10 Å². The largest absolute Gasteiger partial charge is 0.298 e. The standard InChI is InChI=1S/C24H18N4OS2/c1-16-9-11-19-21(14-16)31-24(25-19)26-22(29)12-10-17-15-28(18-6-3-2-4-7-18)27-23(17)20-8-5-13-30-20/h2-15H,1H3,(H,25,26,29). The molecule has 3 aromatic heterocycles. The Kier molecular flexibility index (Phi) is 5.19. The number of thiazole rings is 1. The normalized spacial score (nSPS) is 11.4. The molecule has 2 aromatic carbocycles. The molecule has 0 unspecified atom stereocenters. The van der Waals surface area contributed by atoms with Crippen molar-refractivity contribution in [2.45, 2.75) is 6.92 Å². The van der Waals surface area contributed by atoms with Gasteiger partial charge in [0.15, 0.2) is 5.13 Å². The first-order valence-corrected chi connectivity index (χ1v) is 11.4. The topological polar surface area (TPSA) is 59.8 Å². The van der Waals surface area contributed by atoms with Crippen LogP contribution >= 0.6 is 22.7 Å². The van der Waals surface area contributed by atoms with Crippen LogP contribution < -0.4 is 5.32 Å². The van der Waals surface area contributed by atoms with E-state index in [1.54, 1.807) is 17.4 Å². The fourth-order valence-electron chi connectivity index (χ4n) is 3.22. The van der Waals surface area contributed by atoms with Crippen molar-refractivity contribution in [1.82, 2.24) is 14.8 Å². The highest BCUT2D eigenvalue weighted by atomic mass is 32.1. The Morgan fingerprint density at radius 1 is 1.10 bits per heavy atom. The minimum atomic E-state index is -0.222. The van der Waals surface area contributed by atoms with E-state index < -0.39 is 0 Å². The number of aromatic nitrogens is 3. The summed E-state index contributed by atoms with van der Waals surface area (Å²) < 4.78 is 2.89. The number of rotatable bonds is 5. The number of carbonyl (C=O) groups is 1. The van der Waals surface area contributed by atoms with Gasteiger partial charge in [-0.05, 0) is 54.3 Å². The first-order valence-electron chi connectivity index (χ1n) is 9.71. The zero-order valence-corrected chi connectivity index (χ0v) is 18.3. The van der Waals surface area contributed by atoms with Crippen molar-refractivity contribution >= 4 is 50.0 Å². The molecule has 5 aromatic rings. The number of hydrogen-bond donors (Lipinski definition) is 1. The summed E-state index contributed by atoms with van der Waals surface area (Å²) in [5.41, 5.74) is 4.75. The van der Waals surface area contributed by atoms with Crippen LogP contribution in [0.25, 0.3) is 32.6 Å². The zero-order chi connectivity index (χ0) is 21.2. The number of fused-ring (bicyclic) bond motifs is 1. The van der Waals surface area contributed by atoms with Crippen LogP contribution in [0.1, 0.15) is 11.1 Å². The number of nitrogens with zero attached hydrogens (tertiary/aromatic N) is 3. The van der Waals surface area contributed by atoms with Crippen LogP contribution in [0.5, 0.6) is 0 Å². The lowest BCUT2D eigenvalue weighted by atomic mass is 10.2. The third kappa shape index (κ3) is 4.19. The molecule has 0 atom stereocenters. The first kappa shape index (κ1) is 19.4. The third-order valence-corrected chi connectivity index (χ3v) is 6.52. The van der Waals surface area contributed by atoms with E-state index in [0.29, 0.717) is 5.13 Å². The van der Waals surface area contributed by atoms with Crippen LogP contribution in [0.4, 0.5) is 5.13 Å². The van der Waals surface area contributed by atoms with Crippen LogP contribution in [0.2, 0.25) is 0 Å². The minimum absolute atomic E-state index is 0.222. The summed E-state index contributed by atoms with van der Waals surface area (Å²) in [6, 6.07) is 20.0. The van der Waals surface area contributed by atoms with Crippen molar-refractivity contribution < 1.29 is 4.79 Å². The highest BCUT2D eigenvalue weighted by Crippen LogP contribution is 2.29. The molecule has 0 radical (unpaired) electrons. The van der Waals surface area contributed by atoms with Gasteiger partial charge in [0, 0.05) is 17.8 Å². The number of hydrogen-bond acceptors (Lipinski definition) is 5. The summed E-state index contributed by atoms with van der Waals surface area (Å²) in [6.07, 6.45) is 5.27. The van der Waals surface area contributed by atoms with E-state index >= 15 is 0 Å². The Morgan fingerprint density at radius 3 is 2.77 bits per heavy atom. The van der Waals surface area contributed by atoms with Gasteiger partial charge in [-0.3, -0.25) is 10.1 Å². The van der Waals surface area contributed by atoms with Crippen LogP contribution in [-0.4, -0.2) is 20.7 Å². The number of aryl methyl sites for hydroxylation is 1. The van der Waals surface area contributed by atoms with Gasteiger partial charge in [0.2, 0.25) is 5.91 Å². The number of thiophene rings is 1. The van der Waals surface area contributed by atoms with Crippen molar-refractivity contribution in [2.75, 3.05) is 5.32 Å². The molecule has 0 aliphatic rings. The predicted molar refractivity (Wildman–Crippen MR) is 129 cm³/mol. The second-order valence-electron chi connectivity index (χ2n) is 7.00. The molecule has 0 saturated carbocycles. The second kappa shape index (κ2) is 8.29. The van der Waals surface area contributed by atoms with Gasteiger partial charge in [-0.25, -0.2) is 9.67 Å². The lowest BCUT2D eigenvalue weighted by molar-refractivity contribution is -0.111. The van der Waals surface area contributed by atoms with Gasteiger partial charge < -0.3 is 0 Å². The highest BCUT2D eigenvalue weighted by Gasteiger charge is 2.12. The van der Waals surface area contributed by atoms with Crippen molar-refractivity contribution in [2.24, 2.45) is 0 Å². The van der Waals surface area contributed by atoms with Gasteiger partial charge in [-0.2, -0.15) is 5.10 Å². The van der Waals surface area contributed by atoms with E-state index in [2.05, 4.69) is 16.4 Å². The number of carbonyl (C=O) groups excluding carboxylic acids is 1. The highest BCUT2D eigenvalue weighted by molar-refractivity contribution is 7.22. The van der Waals surface area contributed by atoms with Gasteiger partial charge in [0.05, 0.1) is 20.8 Å². The fourth-order valence-corrected chi connectivity index (χ4v) is 4.92. The van der Waals surface area contributed by atoms with Crippen molar-refractivity contribution in [3.8, 4) is 16.3 Å². The Labute approximate surface area is 187 Å². The summed E-state index contributed by atoms with van der Waals surface area (Å²) in [4.78, 5) is 18.1. The molecule has 152 valence electrons. The number of anilines is 1. The molecule has 7 heteroatoms. The van der Waals surface area contributed by atoms with Crippen molar-refractivity contribution in [3.05, 3.63) is 89.4 Å². The maximum absolute atomic E-state index is 12.5. The van der Waals surface area contributed by atoms with Crippen LogP contribution in [-0.2, 0) is 4.79 Å². The fraction of sp³-hybridized carbons (Fsp3) is 0.0417. The molecule has 0 saturated heterocycles. The summed E-state index contributed by atoms with van der Waals surface area (Å²) >= 11 is 3.09. The number of amides is 1. The molecule has 5 rings (SSSR count). The average Bonchev–Trinajstić information content (AvgIpc) is 3.51. The molecule has 0 spiro atoms. The smallest absolute Gasteiger partial charge is 0.250 e. The molecular weight excluding hydrogens is 424 g/mol. The molecule has 0 bridgehead atoms. The van der Waals surface area contributed by atoms with Gasteiger partial charge >= 0.3 is 0 Å². The molecule has 0 fully saturated rings. The number of para-hydroxylation sites is 1. The van der Waals surface area contributed by atoms with Crippen LogP contribution in [0.3, 0.4) is 0 Å². The molecule has 1 N–H and O–H groups in total. The molecular formula is C24H18N4OS2. The van der Waals surface area contributed by atoms with E-state index in [1.807, 2.05) is 77.8 Å². The van der Waals surface area contributed by atoms with Crippen LogP contribution in [0, 0.1) is 6.92 Å². The van der Waals surface area contributed by atoms with Gasteiger partial charge in [0.25, 0.3) is 0 Å². The summed E-state index contributed by atoms with van der Waals surface area (Å²) in [6.45, 7) is 2.04. The Morgan fingerprint density at radius 2 is 1.97 bits per heavy atom.